The van der Waals surface area contributed by atoms with Gasteiger partial charge in [-0.1, -0.05) is 6.08 Å². The Bertz CT molecular complexity index is 1270. The lowest BCUT2D eigenvalue weighted by Gasteiger charge is -2.46. The summed E-state index contributed by atoms with van der Waals surface area (Å²) in [4.78, 5) is 18.8. The quantitative estimate of drug-likeness (QED) is 0.533. The second-order valence-corrected chi connectivity index (χ2v) is 8.39. The second-order valence-electron chi connectivity index (χ2n) is 8.39. The Morgan fingerprint density at radius 3 is 2.71 bits per heavy atom. The standard InChI is InChI=1S/C22H23F3N8O/c1-12-7-27-13(2)20(14-3-4-19(34)30-8-14)33(12)17-5-6-26-21(31-17)15-9-29-18-10-28-16(11-32(15)18)22(23,24)25/h3-6,8-13,19-20,27,30,34H,7H2,1-2H3. The van der Waals surface area contributed by atoms with E-state index < -0.39 is 18.1 Å². The molecule has 3 aromatic heterocycles. The van der Waals surface area contributed by atoms with Crippen LogP contribution in [-0.2, 0) is 6.18 Å². The van der Waals surface area contributed by atoms with Crippen molar-refractivity contribution in [2.45, 2.75) is 44.4 Å². The number of aliphatic hydroxyl groups excluding tert-OH is 1. The third-order valence-electron chi connectivity index (χ3n) is 6.04. The molecule has 0 aromatic carbocycles. The van der Waals surface area contributed by atoms with Crippen molar-refractivity contribution in [3.8, 4) is 11.5 Å². The van der Waals surface area contributed by atoms with Crippen LogP contribution in [0.2, 0.25) is 0 Å². The monoisotopic (exact) mass is 472 g/mol. The van der Waals surface area contributed by atoms with Gasteiger partial charge in [0.15, 0.2) is 17.2 Å². The maximum atomic E-state index is 13.2. The zero-order chi connectivity index (χ0) is 24.0. The number of hydrogen-bond acceptors (Lipinski definition) is 8. The maximum absolute atomic E-state index is 13.2. The summed E-state index contributed by atoms with van der Waals surface area (Å²) in [6.45, 7) is 4.86. The van der Waals surface area contributed by atoms with E-state index >= 15 is 0 Å². The molecule has 12 heteroatoms. The molecular weight excluding hydrogens is 449 g/mol. The zero-order valence-corrected chi connectivity index (χ0v) is 18.4. The largest absolute Gasteiger partial charge is 0.434 e. The average Bonchev–Trinajstić information content (AvgIpc) is 3.24. The highest BCUT2D eigenvalue weighted by Crippen LogP contribution is 2.31. The summed E-state index contributed by atoms with van der Waals surface area (Å²) in [6, 6.07) is 1.81. The Hall–Kier alpha value is -3.51. The van der Waals surface area contributed by atoms with Gasteiger partial charge in [-0.15, -0.1) is 0 Å². The highest BCUT2D eigenvalue weighted by atomic mass is 19.4. The van der Waals surface area contributed by atoms with Gasteiger partial charge in [0.1, 0.15) is 17.7 Å². The Morgan fingerprint density at radius 1 is 1.15 bits per heavy atom. The summed E-state index contributed by atoms with van der Waals surface area (Å²) in [6.07, 6.45) is 5.04. The van der Waals surface area contributed by atoms with Crippen LogP contribution in [0.15, 0.2) is 54.8 Å². The number of aromatic nitrogens is 5. The first kappa shape index (κ1) is 22.3. The predicted octanol–water partition coefficient (Wildman–Crippen LogP) is 2.12. The molecule has 0 radical (unpaired) electrons. The number of anilines is 1. The van der Waals surface area contributed by atoms with Crippen molar-refractivity contribution in [2.75, 3.05) is 11.4 Å². The molecule has 4 unspecified atom stereocenters. The summed E-state index contributed by atoms with van der Waals surface area (Å²) < 4.78 is 40.9. The molecule has 0 spiro atoms. The summed E-state index contributed by atoms with van der Waals surface area (Å²) in [5, 5.41) is 16.2. The van der Waals surface area contributed by atoms with Crippen LogP contribution in [-0.4, -0.2) is 60.3 Å². The molecule has 1 fully saturated rings. The molecule has 2 aliphatic heterocycles. The van der Waals surface area contributed by atoms with Crippen molar-refractivity contribution >= 4 is 11.5 Å². The number of halogens is 3. The van der Waals surface area contributed by atoms with Crippen LogP contribution < -0.4 is 15.5 Å². The molecule has 3 aromatic rings. The van der Waals surface area contributed by atoms with Crippen molar-refractivity contribution in [1.82, 2.24) is 35.0 Å². The zero-order valence-electron chi connectivity index (χ0n) is 18.4. The minimum atomic E-state index is -4.58. The van der Waals surface area contributed by atoms with Gasteiger partial charge < -0.3 is 20.6 Å². The Morgan fingerprint density at radius 2 is 1.97 bits per heavy atom. The summed E-state index contributed by atoms with van der Waals surface area (Å²) >= 11 is 0. The van der Waals surface area contributed by atoms with Gasteiger partial charge >= 0.3 is 6.18 Å². The number of fused-ring (bicyclic) bond motifs is 1. The third kappa shape index (κ3) is 3.99. The normalized spacial score (nSPS) is 25.4. The van der Waals surface area contributed by atoms with E-state index in [0.29, 0.717) is 11.5 Å². The molecule has 0 saturated carbocycles. The lowest BCUT2D eigenvalue weighted by atomic mass is 9.93. The van der Waals surface area contributed by atoms with Crippen LogP contribution >= 0.6 is 0 Å². The molecule has 2 aliphatic rings. The Kier molecular flexibility index (Phi) is 5.48. The van der Waals surface area contributed by atoms with Gasteiger partial charge in [-0.2, -0.15) is 13.2 Å². The fourth-order valence-corrected chi connectivity index (χ4v) is 4.39. The number of nitrogens with zero attached hydrogens (tertiary/aromatic N) is 6. The number of hydrogen-bond donors (Lipinski definition) is 3. The second kappa shape index (κ2) is 8.37. The fraction of sp³-hybridized carbons (Fsp3) is 0.364. The van der Waals surface area contributed by atoms with E-state index in [2.05, 4.69) is 44.3 Å². The third-order valence-corrected chi connectivity index (χ3v) is 6.04. The molecule has 5 heterocycles. The SMILES string of the molecule is CC1NCC(C)N(c2ccnc(-c3cnc4cnc(C(F)(F)F)cn34)n2)C1C1=CNC(O)C=C1. The van der Waals surface area contributed by atoms with E-state index in [0.717, 1.165) is 24.5 Å². The van der Waals surface area contributed by atoms with E-state index in [1.54, 1.807) is 24.5 Å². The van der Waals surface area contributed by atoms with Gasteiger partial charge in [0, 0.05) is 37.2 Å². The molecule has 178 valence electrons. The smallest absolute Gasteiger partial charge is 0.370 e. The average molecular weight is 472 g/mol. The Balaban J connectivity index is 1.56. The first-order valence-corrected chi connectivity index (χ1v) is 10.8. The van der Waals surface area contributed by atoms with Crippen molar-refractivity contribution in [2.24, 2.45) is 0 Å². The van der Waals surface area contributed by atoms with E-state index in [4.69, 9.17) is 4.98 Å². The van der Waals surface area contributed by atoms with Gasteiger partial charge in [0.05, 0.1) is 18.4 Å². The molecular formula is C22H23F3N8O. The molecule has 4 atom stereocenters. The first-order valence-electron chi connectivity index (χ1n) is 10.8. The first-order chi connectivity index (χ1) is 16.2. The highest BCUT2D eigenvalue weighted by molar-refractivity contribution is 5.59. The van der Waals surface area contributed by atoms with E-state index in [9.17, 15) is 18.3 Å². The van der Waals surface area contributed by atoms with Gasteiger partial charge in [-0.05, 0) is 31.6 Å². The lowest BCUT2D eigenvalue weighted by molar-refractivity contribution is -0.141. The van der Waals surface area contributed by atoms with Crippen molar-refractivity contribution in [1.29, 1.82) is 0 Å². The number of rotatable bonds is 3. The van der Waals surface area contributed by atoms with Crippen LogP contribution in [0.1, 0.15) is 19.5 Å². The number of aliphatic hydroxyl groups is 1. The van der Waals surface area contributed by atoms with Crippen LogP contribution in [0.25, 0.3) is 17.2 Å². The Labute approximate surface area is 193 Å². The number of imidazole rings is 1. The summed E-state index contributed by atoms with van der Waals surface area (Å²) in [5.41, 5.74) is 0.540. The number of dihydropyridines is 1. The molecule has 3 N–H and O–H groups in total. The van der Waals surface area contributed by atoms with Crippen LogP contribution in [0, 0.1) is 0 Å². The predicted molar refractivity (Wildman–Crippen MR) is 119 cm³/mol. The number of alkyl halides is 3. The number of piperazine rings is 1. The van der Waals surface area contributed by atoms with Crippen molar-refractivity contribution in [3.05, 3.63) is 60.5 Å². The van der Waals surface area contributed by atoms with Crippen LogP contribution in [0.4, 0.5) is 19.0 Å². The molecule has 9 nitrogen and oxygen atoms in total. The summed E-state index contributed by atoms with van der Waals surface area (Å²) in [7, 11) is 0. The summed E-state index contributed by atoms with van der Waals surface area (Å²) in [5.74, 6) is 0.888. The molecule has 0 bridgehead atoms. The van der Waals surface area contributed by atoms with E-state index in [-0.39, 0.29) is 29.6 Å². The molecule has 0 amide bonds. The highest BCUT2D eigenvalue weighted by Gasteiger charge is 2.36. The van der Waals surface area contributed by atoms with Crippen LogP contribution in [0.3, 0.4) is 0 Å². The van der Waals surface area contributed by atoms with Gasteiger partial charge in [0.2, 0.25) is 0 Å². The minimum Gasteiger partial charge on any atom is -0.370 e. The van der Waals surface area contributed by atoms with Gasteiger partial charge in [-0.3, -0.25) is 4.40 Å². The van der Waals surface area contributed by atoms with Crippen LogP contribution in [0.5, 0.6) is 0 Å². The van der Waals surface area contributed by atoms with Gasteiger partial charge in [-0.25, -0.2) is 19.9 Å². The maximum Gasteiger partial charge on any atom is 0.434 e. The van der Waals surface area contributed by atoms with E-state index in [1.165, 1.54) is 10.6 Å². The topological polar surface area (TPSA) is 104 Å². The number of nitrogens with one attached hydrogen (secondary N) is 2. The van der Waals surface area contributed by atoms with Crippen molar-refractivity contribution < 1.29 is 18.3 Å². The fourth-order valence-electron chi connectivity index (χ4n) is 4.39. The minimum absolute atomic E-state index is 0.0633. The molecule has 1 saturated heterocycles. The molecule has 34 heavy (non-hydrogen) atoms. The lowest BCUT2D eigenvalue weighted by Crippen LogP contribution is -2.62. The van der Waals surface area contributed by atoms with Crippen molar-refractivity contribution in [3.63, 3.8) is 0 Å². The molecule has 5 rings (SSSR count). The van der Waals surface area contributed by atoms with Gasteiger partial charge in [0.25, 0.3) is 0 Å². The van der Waals surface area contributed by atoms with E-state index in [1.807, 2.05) is 6.08 Å². The molecule has 0 aliphatic carbocycles.